The zero-order chi connectivity index (χ0) is 21.4. The van der Waals surface area contributed by atoms with Crippen LogP contribution in [0.5, 0.6) is 0 Å². The van der Waals surface area contributed by atoms with Gasteiger partial charge in [0.2, 0.25) is 0 Å². The van der Waals surface area contributed by atoms with Crippen molar-refractivity contribution in [3.63, 3.8) is 0 Å². The second-order valence-corrected chi connectivity index (χ2v) is 9.98. The zero-order valence-corrected chi connectivity index (χ0v) is 18.9. The van der Waals surface area contributed by atoms with Gasteiger partial charge in [-0.2, -0.15) is 0 Å². The maximum absolute atomic E-state index is 12.6. The zero-order valence-electron chi connectivity index (χ0n) is 18.1. The van der Waals surface area contributed by atoms with Crippen molar-refractivity contribution in [2.75, 3.05) is 11.1 Å². The first-order chi connectivity index (χ1) is 14.0. The number of para-hydroxylation sites is 1. The van der Waals surface area contributed by atoms with Crippen LogP contribution in [0.25, 0.3) is 0 Å². The number of sulfone groups is 1. The molecule has 5 nitrogen and oxygen atoms in total. The number of hydrogen-bond acceptors (Lipinski definition) is 3. The van der Waals surface area contributed by atoms with Gasteiger partial charge in [-0.25, -0.2) is 13.2 Å². The number of carbonyl (C=O) groups excluding carboxylic acids is 1. The molecular weight excluding hydrogens is 384 g/mol. The summed E-state index contributed by atoms with van der Waals surface area (Å²) in [6.45, 7) is 2.25. The minimum Gasteiger partial charge on any atom is -0.351 e. The van der Waals surface area contributed by atoms with Crippen molar-refractivity contribution >= 4 is 21.6 Å². The lowest BCUT2D eigenvalue weighted by molar-refractivity contribution is 0.259. The number of rotatable bonds is 17. The van der Waals surface area contributed by atoms with Crippen molar-refractivity contribution in [3.8, 4) is 0 Å². The van der Waals surface area contributed by atoms with E-state index >= 15 is 0 Å². The Labute approximate surface area is 177 Å². The standard InChI is InChI=1S/C23H40N2O3S/c1-2-3-4-5-6-7-8-9-10-11-12-13-14-17-20-29(27,28)22-19-16-15-18-21(22)25-23(24)26/h15-16,18-19H,2-14,17,20H2,1H3,(H3,24,25,26). The van der Waals surface area contributed by atoms with Gasteiger partial charge < -0.3 is 11.1 Å². The predicted octanol–water partition coefficient (Wildman–Crippen LogP) is 6.43. The van der Waals surface area contributed by atoms with Crippen molar-refractivity contribution < 1.29 is 13.2 Å². The molecule has 0 heterocycles. The van der Waals surface area contributed by atoms with Crippen molar-refractivity contribution in [1.82, 2.24) is 0 Å². The van der Waals surface area contributed by atoms with Crippen molar-refractivity contribution in [3.05, 3.63) is 24.3 Å². The Bertz CT molecular complexity index is 674. The largest absolute Gasteiger partial charge is 0.351 e. The molecule has 0 spiro atoms. The Balaban J connectivity index is 2.11. The average Bonchev–Trinajstić information content (AvgIpc) is 2.68. The predicted molar refractivity (Wildman–Crippen MR) is 122 cm³/mol. The third kappa shape index (κ3) is 11.9. The summed E-state index contributed by atoms with van der Waals surface area (Å²) in [7, 11) is -3.42. The third-order valence-electron chi connectivity index (χ3n) is 5.25. The van der Waals surface area contributed by atoms with Gasteiger partial charge in [0.1, 0.15) is 0 Å². The summed E-state index contributed by atoms with van der Waals surface area (Å²) in [4.78, 5) is 11.2. The highest BCUT2D eigenvalue weighted by Crippen LogP contribution is 2.23. The molecule has 1 rings (SSSR count). The van der Waals surface area contributed by atoms with Gasteiger partial charge in [-0.3, -0.25) is 0 Å². The van der Waals surface area contributed by atoms with Crippen LogP contribution in [0.1, 0.15) is 96.8 Å². The van der Waals surface area contributed by atoms with Gasteiger partial charge in [-0.15, -0.1) is 0 Å². The van der Waals surface area contributed by atoms with Crippen molar-refractivity contribution in [1.29, 1.82) is 0 Å². The number of anilines is 1. The van der Waals surface area contributed by atoms with E-state index in [1.165, 1.54) is 76.7 Å². The van der Waals surface area contributed by atoms with Crippen LogP contribution in [0.4, 0.5) is 10.5 Å². The summed E-state index contributed by atoms with van der Waals surface area (Å²) < 4.78 is 25.1. The van der Waals surface area contributed by atoms with Crippen molar-refractivity contribution in [2.45, 2.75) is 102 Å². The molecule has 3 N–H and O–H groups in total. The summed E-state index contributed by atoms with van der Waals surface area (Å²) in [5.74, 6) is 0.0997. The highest BCUT2D eigenvalue weighted by molar-refractivity contribution is 7.91. The molecule has 0 bridgehead atoms. The molecule has 0 atom stereocenters. The molecule has 0 aliphatic heterocycles. The molecule has 0 aromatic heterocycles. The van der Waals surface area contributed by atoms with Gasteiger partial charge in [-0.05, 0) is 18.6 Å². The minimum absolute atomic E-state index is 0.0997. The molecule has 0 aliphatic carbocycles. The first-order valence-electron chi connectivity index (χ1n) is 11.4. The number of carbonyl (C=O) groups is 1. The van der Waals surface area contributed by atoms with E-state index in [9.17, 15) is 13.2 Å². The van der Waals surface area contributed by atoms with Crippen LogP contribution < -0.4 is 11.1 Å². The van der Waals surface area contributed by atoms with E-state index in [2.05, 4.69) is 12.2 Å². The molecule has 0 unspecified atom stereocenters. The van der Waals surface area contributed by atoms with E-state index in [4.69, 9.17) is 5.73 Å². The van der Waals surface area contributed by atoms with Gasteiger partial charge in [0, 0.05) is 0 Å². The fourth-order valence-corrected chi connectivity index (χ4v) is 5.11. The third-order valence-corrected chi connectivity index (χ3v) is 7.10. The fraction of sp³-hybridized carbons (Fsp3) is 0.696. The van der Waals surface area contributed by atoms with Crippen LogP contribution in [0, 0.1) is 0 Å². The second kappa shape index (κ2) is 15.3. The first-order valence-corrected chi connectivity index (χ1v) is 13.0. The van der Waals surface area contributed by atoms with E-state index in [1.54, 1.807) is 18.2 Å². The topological polar surface area (TPSA) is 89.3 Å². The Morgan fingerprint density at radius 1 is 0.793 bits per heavy atom. The van der Waals surface area contributed by atoms with Crippen LogP contribution in [-0.2, 0) is 9.84 Å². The molecule has 6 heteroatoms. The summed E-state index contributed by atoms with van der Waals surface area (Å²) >= 11 is 0. The van der Waals surface area contributed by atoms with E-state index in [1.807, 2.05) is 0 Å². The maximum atomic E-state index is 12.6. The quantitative estimate of drug-likeness (QED) is 0.282. The van der Waals surface area contributed by atoms with E-state index in [-0.39, 0.29) is 16.3 Å². The Morgan fingerprint density at radius 2 is 1.24 bits per heavy atom. The number of benzene rings is 1. The lowest BCUT2D eigenvalue weighted by atomic mass is 10.0. The number of primary amides is 1. The number of nitrogens with one attached hydrogen (secondary N) is 1. The second-order valence-electron chi connectivity index (χ2n) is 7.90. The van der Waals surface area contributed by atoms with Crippen LogP contribution in [0.2, 0.25) is 0 Å². The summed E-state index contributed by atoms with van der Waals surface area (Å²) in [6.07, 6.45) is 17.2. The molecule has 0 saturated carbocycles. The van der Waals surface area contributed by atoms with Gasteiger partial charge in [0.25, 0.3) is 0 Å². The maximum Gasteiger partial charge on any atom is 0.316 e. The van der Waals surface area contributed by atoms with Crippen LogP contribution >= 0.6 is 0 Å². The Morgan fingerprint density at radius 3 is 1.72 bits per heavy atom. The molecule has 0 radical (unpaired) electrons. The molecule has 0 aliphatic rings. The van der Waals surface area contributed by atoms with Gasteiger partial charge in [-0.1, -0.05) is 103 Å². The van der Waals surface area contributed by atoms with Crippen LogP contribution in [0.15, 0.2) is 29.2 Å². The Hall–Kier alpha value is -1.56. The number of hydrogen-bond donors (Lipinski definition) is 2. The highest BCUT2D eigenvalue weighted by Gasteiger charge is 2.18. The Kier molecular flexibility index (Phi) is 13.4. The number of urea groups is 1. The molecule has 2 amide bonds. The van der Waals surface area contributed by atoms with E-state index in [0.29, 0.717) is 6.42 Å². The first kappa shape index (κ1) is 25.5. The molecular formula is C23H40N2O3S. The molecule has 29 heavy (non-hydrogen) atoms. The van der Waals surface area contributed by atoms with E-state index in [0.717, 1.165) is 12.8 Å². The van der Waals surface area contributed by atoms with Crippen molar-refractivity contribution in [2.24, 2.45) is 5.73 Å². The number of nitrogens with two attached hydrogens (primary N) is 1. The van der Waals surface area contributed by atoms with Gasteiger partial charge in [0.05, 0.1) is 16.3 Å². The van der Waals surface area contributed by atoms with Crippen LogP contribution in [0.3, 0.4) is 0 Å². The molecule has 0 fully saturated rings. The monoisotopic (exact) mass is 424 g/mol. The fourth-order valence-electron chi connectivity index (χ4n) is 3.57. The van der Waals surface area contributed by atoms with Gasteiger partial charge in [0.15, 0.2) is 9.84 Å². The molecule has 0 saturated heterocycles. The number of unbranched alkanes of at least 4 members (excludes halogenated alkanes) is 13. The highest BCUT2D eigenvalue weighted by atomic mass is 32.2. The summed E-state index contributed by atoms with van der Waals surface area (Å²) in [5, 5.41) is 2.39. The van der Waals surface area contributed by atoms with E-state index < -0.39 is 15.9 Å². The summed E-state index contributed by atoms with van der Waals surface area (Å²) in [5.41, 5.74) is 5.38. The van der Waals surface area contributed by atoms with Crippen LogP contribution in [-0.4, -0.2) is 20.2 Å². The SMILES string of the molecule is CCCCCCCCCCCCCCCCS(=O)(=O)c1ccccc1NC(N)=O. The number of amides is 2. The normalized spacial score (nSPS) is 11.5. The van der Waals surface area contributed by atoms with Gasteiger partial charge >= 0.3 is 6.03 Å². The smallest absolute Gasteiger partial charge is 0.316 e. The minimum atomic E-state index is -3.42. The molecule has 166 valence electrons. The lowest BCUT2D eigenvalue weighted by Gasteiger charge is -2.10. The molecule has 1 aromatic rings. The lowest BCUT2D eigenvalue weighted by Crippen LogP contribution is -2.21. The average molecular weight is 425 g/mol. The summed E-state index contributed by atoms with van der Waals surface area (Å²) in [6, 6.07) is 5.65. The molecule has 1 aromatic carbocycles.